The third-order valence-corrected chi connectivity index (χ3v) is 3.04. The van der Waals surface area contributed by atoms with E-state index in [2.05, 4.69) is 0 Å². The van der Waals surface area contributed by atoms with Crippen molar-refractivity contribution in [2.24, 2.45) is 0 Å². The first-order valence-electron chi connectivity index (χ1n) is 5.62. The molecule has 1 saturated heterocycles. The number of rotatable bonds is 3. The Bertz CT molecular complexity index is 467. The fraction of sp³-hybridized carbons (Fsp3) is 0.333. The van der Waals surface area contributed by atoms with Crippen LogP contribution < -0.4 is 4.90 Å². The minimum absolute atomic E-state index is 0.106. The normalized spacial score (nSPS) is 15.6. The van der Waals surface area contributed by atoms with Crippen LogP contribution in [0.3, 0.4) is 0 Å². The Labute approximate surface area is 104 Å². The van der Waals surface area contributed by atoms with Crippen LogP contribution in [0.15, 0.2) is 18.2 Å². The molecule has 0 spiro atoms. The van der Waals surface area contributed by atoms with Crippen molar-refractivity contribution in [3.8, 4) is 5.75 Å². The minimum atomic E-state index is -1.15. The van der Waals surface area contributed by atoms with Crippen molar-refractivity contribution in [1.29, 1.82) is 0 Å². The molecule has 1 aliphatic rings. The molecule has 0 saturated carbocycles. The van der Waals surface area contributed by atoms with Crippen LogP contribution in [0.5, 0.6) is 5.75 Å². The van der Waals surface area contributed by atoms with Crippen molar-refractivity contribution >= 4 is 18.1 Å². The summed E-state index contributed by atoms with van der Waals surface area (Å²) in [6.45, 7) is 2.55. The van der Waals surface area contributed by atoms with Gasteiger partial charge in [0.25, 0.3) is 0 Å². The fourth-order valence-electron chi connectivity index (χ4n) is 1.98. The number of carboxylic acid groups (broad SMARTS) is 1. The topological polar surface area (TPSA) is 81.1 Å². The Morgan fingerprint density at radius 2 is 1.89 bits per heavy atom. The highest BCUT2D eigenvalue weighted by molar-refractivity contribution is 5.92. The zero-order chi connectivity index (χ0) is 13.1. The first-order chi connectivity index (χ1) is 8.61. The molecular formula is C12H14N2O4. The van der Waals surface area contributed by atoms with Gasteiger partial charge in [-0.05, 0) is 18.2 Å². The maximum Gasteiger partial charge on any atom is 0.339 e. The lowest BCUT2D eigenvalue weighted by molar-refractivity contribution is -0.118. The maximum absolute atomic E-state index is 10.9. The van der Waals surface area contributed by atoms with Crippen molar-refractivity contribution in [2.75, 3.05) is 31.1 Å². The number of piperazine rings is 1. The van der Waals surface area contributed by atoms with Gasteiger partial charge in [-0.2, -0.15) is 0 Å². The lowest BCUT2D eigenvalue weighted by Gasteiger charge is -2.34. The molecule has 1 amide bonds. The summed E-state index contributed by atoms with van der Waals surface area (Å²) in [4.78, 5) is 25.2. The lowest BCUT2D eigenvalue weighted by Crippen LogP contribution is -2.45. The summed E-state index contributed by atoms with van der Waals surface area (Å²) in [6, 6.07) is 4.51. The van der Waals surface area contributed by atoms with E-state index in [0.29, 0.717) is 26.2 Å². The van der Waals surface area contributed by atoms with Crippen LogP contribution in [0, 0.1) is 0 Å². The van der Waals surface area contributed by atoms with Crippen LogP contribution in [-0.4, -0.2) is 53.7 Å². The number of benzene rings is 1. The summed E-state index contributed by atoms with van der Waals surface area (Å²) >= 11 is 0. The van der Waals surface area contributed by atoms with Crippen molar-refractivity contribution < 1.29 is 19.8 Å². The molecule has 0 bridgehead atoms. The second-order valence-corrected chi connectivity index (χ2v) is 4.14. The van der Waals surface area contributed by atoms with Crippen LogP contribution in [-0.2, 0) is 4.79 Å². The van der Waals surface area contributed by atoms with Gasteiger partial charge in [0.05, 0.1) is 0 Å². The standard InChI is InChI=1S/C12H14N2O4/c15-8-13-3-5-14(6-4-13)9-1-2-11(16)10(7-9)12(17)18/h1-2,7-8,16H,3-6H2,(H,17,18). The SMILES string of the molecule is O=CN1CCN(c2ccc(O)c(C(=O)O)c2)CC1. The van der Waals surface area contributed by atoms with E-state index in [1.807, 2.05) is 4.90 Å². The number of hydrogen-bond acceptors (Lipinski definition) is 4. The number of nitrogens with zero attached hydrogens (tertiary/aromatic N) is 2. The molecule has 0 unspecified atom stereocenters. The summed E-state index contributed by atoms with van der Waals surface area (Å²) < 4.78 is 0. The first-order valence-corrected chi connectivity index (χ1v) is 5.62. The van der Waals surface area contributed by atoms with Gasteiger partial charge in [0.1, 0.15) is 11.3 Å². The molecule has 18 heavy (non-hydrogen) atoms. The van der Waals surface area contributed by atoms with Gasteiger partial charge in [0.15, 0.2) is 0 Å². The van der Waals surface area contributed by atoms with E-state index in [1.54, 1.807) is 11.0 Å². The quantitative estimate of drug-likeness (QED) is 0.757. The third-order valence-electron chi connectivity index (χ3n) is 3.04. The highest BCUT2D eigenvalue weighted by Gasteiger charge is 2.18. The Hall–Kier alpha value is -2.24. The predicted molar refractivity (Wildman–Crippen MR) is 64.9 cm³/mol. The molecule has 0 radical (unpaired) electrons. The molecule has 1 heterocycles. The summed E-state index contributed by atoms with van der Waals surface area (Å²) in [6.07, 6.45) is 0.816. The van der Waals surface area contributed by atoms with E-state index in [9.17, 15) is 14.7 Å². The van der Waals surface area contributed by atoms with Gasteiger partial charge in [0, 0.05) is 31.9 Å². The molecule has 1 aliphatic heterocycles. The van der Waals surface area contributed by atoms with Gasteiger partial charge >= 0.3 is 5.97 Å². The molecular weight excluding hydrogens is 236 g/mol. The molecule has 1 fully saturated rings. The predicted octanol–water partition coefficient (Wildman–Crippen LogP) is 0.369. The van der Waals surface area contributed by atoms with E-state index < -0.39 is 5.97 Å². The monoisotopic (exact) mass is 250 g/mol. The second-order valence-electron chi connectivity index (χ2n) is 4.14. The number of aromatic carboxylic acids is 1. The van der Waals surface area contributed by atoms with Gasteiger partial charge in [-0.25, -0.2) is 4.79 Å². The highest BCUT2D eigenvalue weighted by Crippen LogP contribution is 2.24. The van der Waals surface area contributed by atoms with Gasteiger partial charge in [-0.1, -0.05) is 0 Å². The molecule has 0 aliphatic carbocycles. The van der Waals surface area contributed by atoms with E-state index in [0.717, 1.165) is 12.1 Å². The van der Waals surface area contributed by atoms with E-state index in [1.165, 1.54) is 12.1 Å². The van der Waals surface area contributed by atoms with Gasteiger partial charge in [-0.3, -0.25) is 4.79 Å². The summed E-state index contributed by atoms with van der Waals surface area (Å²) in [7, 11) is 0. The van der Waals surface area contributed by atoms with Gasteiger partial charge in [-0.15, -0.1) is 0 Å². The Kier molecular flexibility index (Phi) is 3.36. The average Bonchev–Trinajstić information content (AvgIpc) is 2.39. The largest absolute Gasteiger partial charge is 0.507 e. The highest BCUT2D eigenvalue weighted by atomic mass is 16.4. The number of aromatic hydroxyl groups is 1. The van der Waals surface area contributed by atoms with Crippen LogP contribution >= 0.6 is 0 Å². The maximum atomic E-state index is 10.9. The zero-order valence-electron chi connectivity index (χ0n) is 9.74. The van der Waals surface area contributed by atoms with Gasteiger partial charge in [0.2, 0.25) is 6.41 Å². The van der Waals surface area contributed by atoms with Crippen LogP contribution in [0.1, 0.15) is 10.4 Å². The third kappa shape index (κ3) is 2.37. The Morgan fingerprint density at radius 3 is 2.44 bits per heavy atom. The molecule has 1 aromatic carbocycles. The minimum Gasteiger partial charge on any atom is -0.507 e. The van der Waals surface area contributed by atoms with E-state index in [-0.39, 0.29) is 11.3 Å². The number of carbonyl (C=O) groups is 2. The van der Waals surface area contributed by atoms with Crippen molar-refractivity contribution in [1.82, 2.24) is 4.90 Å². The van der Waals surface area contributed by atoms with Crippen LogP contribution in [0.4, 0.5) is 5.69 Å². The number of hydrogen-bond donors (Lipinski definition) is 2. The molecule has 0 atom stereocenters. The van der Waals surface area contributed by atoms with E-state index in [4.69, 9.17) is 5.11 Å². The molecule has 2 N–H and O–H groups in total. The van der Waals surface area contributed by atoms with Crippen LogP contribution in [0.25, 0.3) is 0 Å². The summed E-state index contributed by atoms with van der Waals surface area (Å²) in [5, 5.41) is 18.4. The Morgan fingerprint density at radius 1 is 1.22 bits per heavy atom. The number of anilines is 1. The van der Waals surface area contributed by atoms with Gasteiger partial charge < -0.3 is 20.0 Å². The number of amides is 1. The molecule has 1 aromatic rings. The molecule has 6 heteroatoms. The molecule has 0 aromatic heterocycles. The lowest BCUT2D eigenvalue weighted by atomic mass is 10.1. The van der Waals surface area contributed by atoms with Crippen molar-refractivity contribution in [3.63, 3.8) is 0 Å². The second kappa shape index (κ2) is 4.95. The number of phenols is 1. The van der Waals surface area contributed by atoms with Crippen LogP contribution in [0.2, 0.25) is 0 Å². The number of carboxylic acids is 1. The zero-order valence-corrected chi connectivity index (χ0v) is 9.74. The first kappa shape index (κ1) is 12.2. The van der Waals surface area contributed by atoms with E-state index >= 15 is 0 Å². The molecule has 2 rings (SSSR count). The van der Waals surface area contributed by atoms with Crippen molar-refractivity contribution in [2.45, 2.75) is 0 Å². The summed E-state index contributed by atoms with van der Waals surface area (Å²) in [5.74, 6) is -1.39. The summed E-state index contributed by atoms with van der Waals surface area (Å²) in [5.41, 5.74) is 0.640. The number of carbonyl (C=O) groups excluding carboxylic acids is 1. The van der Waals surface area contributed by atoms with Crippen molar-refractivity contribution in [3.05, 3.63) is 23.8 Å². The Balaban J connectivity index is 2.17. The molecule has 6 nitrogen and oxygen atoms in total. The average molecular weight is 250 g/mol. The molecule has 96 valence electrons. The smallest absolute Gasteiger partial charge is 0.339 e. The fourth-order valence-corrected chi connectivity index (χ4v) is 1.98.